The van der Waals surface area contributed by atoms with Crippen LogP contribution in [0.15, 0.2) is 0 Å². The first kappa shape index (κ1) is 9.20. The van der Waals surface area contributed by atoms with Crippen molar-refractivity contribution >= 4 is 5.78 Å². The maximum Gasteiger partial charge on any atom is 0.135 e. The number of hydrogen-bond donors (Lipinski definition) is 0. The van der Waals surface area contributed by atoms with Gasteiger partial charge in [0.05, 0.1) is 0 Å². The van der Waals surface area contributed by atoms with E-state index in [1.165, 1.54) is 12.8 Å². The molecule has 74 valence electrons. The fraction of sp³-hybridized carbons (Fsp3) is 0.909. The minimum Gasteiger partial charge on any atom is -0.300 e. The predicted octanol–water partition coefficient (Wildman–Crippen LogP) is 1.84. The van der Waals surface area contributed by atoms with Gasteiger partial charge in [-0.15, -0.1) is 0 Å². The molecular formula is C11H19NO. The number of carbonyl (C=O) groups is 1. The summed E-state index contributed by atoms with van der Waals surface area (Å²) in [6.07, 6.45) is 4.29. The predicted molar refractivity (Wildman–Crippen MR) is 52.6 cm³/mol. The van der Waals surface area contributed by atoms with Crippen LogP contribution in [0.4, 0.5) is 0 Å². The molecule has 1 saturated carbocycles. The Morgan fingerprint density at radius 2 is 2.08 bits per heavy atom. The van der Waals surface area contributed by atoms with E-state index in [1.54, 1.807) is 0 Å². The van der Waals surface area contributed by atoms with E-state index in [2.05, 4.69) is 18.7 Å². The first-order chi connectivity index (χ1) is 6.18. The normalized spacial score (nSPS) is 41.7. The van der Waals surface area contributed by atoms with Gasteiger partial charge in [-0.05, 0) is 25.7 Å². The molecule has 0 amide bonds. The molecule has 2 aliphatic rings. The van der Waals surface area contributed by atoms with Gasteiger partial charge in [0.15, 0.2) is 0 Å². The molecule has 0 aromatic carbocycles. The first-order valence-corrected chi connectivity index (χ1v) is 5.46. The van der Waals surface area contributed by atoms with E-state index in [0.29, 0.717) is 11.8 Å². The Labute approximate surface area is 80.3 Å². The maximum absolute atomic E-state index is 11.2. The third-order valence-corrected chi connectivity index (χ3v) is 3.74. The SMILES string of the molecule is CC1CCC1N1CCC(=O)CC1C. The van der Waals surface area contributed by atoms with Crippen LogP contribution in [0.5, 0.6) is 0 Å². The molecule has 1 aliphatic heterocycles. The van der Waals surface area contributed by atoms with Crippen molar-refractivity contribution in [3.05, 3.63) is 0 Å². The molecule has 3 atom stereocenters. The van der Waals surface area contributed by atoms with Crippen LogP contribution in [0.3, 0.4) is 0 Å². The van der Waals surface area contributed by atoms with E-state index in [0.717, 1.165) is 31.3 Å². The van der Waals surface area contributed by atoms with Crippen LogP contribution in [0.25, 0.3) is 0 Å². The van der Waals surface area contributed by atoms with Crippen molar-refractivity contribution < 1.29 is 4.79 Å². The first-order valence-electron chi connectivity index (χ1n) is 5.46. The molecule has 13 heavy (non-hydrogen) atoms. The lowest BCUT2D eigenvalue weighted by Crippen LogP contribution is -2.53. The van der Waals surface area contributed by atoms with E-state index in [9.17, 15) is 4.79 Å². The van der Waals surface area contributed by atoms with E-state index >= 15 is 0 Å². The molecule has 0 aromatic heterocycles. The molecule has 2 heteroatoms. The largest absolute Gasteiger partial charge is 0.300 e. The van der Waals surface area contributed by atoms with Gasteiger partial charge in [-0.1, -0.05) is 6.92 Å². The second-order valence-electron chi connectivity index (χ2n) is 4.70. The number of ketones is 1. The quantitative estimate of drug-likeness (QED) is 0.615. The van der Waals surface area contributed by atoms with Crippen molar-refractivity contribution in [2.75, 3.05) is 6.54 Å². The van der Waals surface area contributed by atoms with Crippen molar-refractivity contribution in [2.24, 2.45) is 5.92 Å². The molecule has 1 heterocycles. The zero-order valence-corrected chi connectivity index (χ0v) is 8.62. The van der Waals surface area contributed by atoms with Gasteiger partial charge in [0, 0.05) is 31.5 Å². The van der Waals surface area contributed by atoms with Gasteiger partial charge in [-0.3, -0.25) is 9.69 Å². The number of likely N-dealkylation sites (tertiary alicyclic amines) is 1. The van der Waals surface area contributed by atoms with E-state index < -0.39 is 0 Å². The minimum atomic E-state index is 0.454. The molecule has 0 aromatic rings. The highest BCUT2D eigenvalue weighted by molar-refractivity contribution is 5.79. The summed E-state index contributed by atoms with van der Waals surface area (Å²) >= 11 is 0. The Bertz CT molecular complexity index is 214. The third kappa shape index (κ3) is 1.64. The summed E-state index contributed by atoms with van der Waals surface area (Å²) < 4.78 is 0. The fourth-order valence-corrected chi connectivity index (χ4v) is 2.66. The van der Waals surface area contributed by atoms with Gasteiger partial charge in [-0.2, -0.15) is 0 Å². The lowest BCUT2D eigenvalue weighted by Gasteiger charge is -2.47. The second-order valence-corrected chi connectivity index (χ2v) is 4.70. The molecule has 2 rings (SSSR count). The number of rotatable bonds is 1. The fourth-order valence-electron chi connectivity index (χ4n) is 2.66. The Morgan fingerprint density at radius 1 is 1.31 bits per heavy atom. The number of Topliss-reactive ketones (excluding diaryl/α,β-unsaturated/α-hetero) is 1. The standard InChI is InChI=1S/C11H19NO/c1-8-3-4-11(8)12-6-5-10(13)7-9(12)2/h8-9,11H,3-7H2,1-2H3. The number of hydrogen-bond acceptors (Lipinski definition) is 2. The van der Waals surface area contributed by atoms with Crippen LogP contribution in [0.1, 0.15) is 39.5 Å². The highest BCUT2D eigenvalue weighted by Crippen LogP contribution is 2.34. The molecule has 0 radical (unpaired) electrons. The minimum absolute atomic E-state index is 0.454. The van der Waals surface area contributed by atoms with Crippen LogP contribution in [-0.2, 0) is 4.79 Å². The van der Waals surface area contributed by atoms with E-state index in [-0.39, 0.29) is 0 Å². The molecular weight excluding hydrogens is 162 g/mol. The van der Waals surface area contributed by atoms with Crippen molar-refractivity contribution in [1.29, 1.82) is 0 Å². The van der Waals surface area contributed by atoms with Crippen LogP contribution in [0.2, 0.25) is 0 Å². The average molecular weight is 181 g/mol. The van der Waals surface area contributed by atoms with Crippen molar-refractivity contribution in [3.8, 4) is 0 Å². The summed E-state index contributed by atoms with van der Waals surface area (Å²) in [6.45, 7) is 5.54. The summed E-state index contributed by atoms with van der Waals surface area (Å²) in [5, 5.41) is 0. The molecule has 2 fully saturated rings. The number of piperidine rings is 1. The summed E-state index contributed by atoms with van der Waals surface area (Å²) in [5.74, 6) is 1.31. The molecule has 1 aliphatic carbocycles. The monoisotopic (exact) mass is 181 g/mol. The molecule has 1 saturated heterocycles. The van der Waals surface area contributed by atoms with E-state index in [1.807, 2.05) is 0 Å². The number of nitrogens with zero attached hydrogens (tertiary/aromatic N) is 1. The van der Waals surface area contributed by atoms with Crippen LogP contribution < -0.4 is 0 Å². The topological polar surface area (TPSA) is 20.3 Å². The Hall–Kier alpha value is -0.370. The summed E-state index contributed by atoms with van der Waals surface area (Å²) in [7, 11) is 0. The molecule has 2 nitrogen and oxygen atoms in total. The van der Waals surface area contributed by atoms with E-state index in [4.69, 9.17) is 0 Å². The Balaban J connectivity index is 1.95. The average Bonchev–Trinajstić information content (AvgIpc) is 2.07. The van der Waals surface area contributed by atoms with Gasteiger partial charge in [0.25, 0.3) is 0 Å². The Morgan fingerprint density at radius 3 is 2.54 bits per heavy atom. The second kappa shape index (κ2) is 3.41. The molecule has 0 spiro atoms. The Kier molecular flexibility index (Phi) is 2.41. The summed E-state index contributed by atoms with van der Waals surface area (Å²) in [6, 6.07) is 1.28. The lowest BCUT2D eigenvalue weighted by molar-refractivity contribution is -0.124. The molecule has 0 bridgehead atoms. The third-order valence-electron chi connectivity index (χ3n) is 3.74. The van der Waals surface area contributed by atoms with Gasteiger partial charge >= 0.3 is 0 Å². The maximum atomic E-state index is 11.2. The smallest absolute Gasteiger partial charge is 0.135 e. The lowest BCUT2D eigenvalue weighted by atomic mass is 9.78. The van der Waals surface area contributed by atoms with Crippen molar-refractivity contribution in [3.63, 3.8) is 0 Å². The van der Waals surface area contributed by atoms with Crippen molar-refractivity contribution in [1.82, 2.24) is 4.90 Å². The highest BCUT2D eigenvalue weighted by Gasteiger charge is 2.36. The van der Waals surface area contributed by atoms with Gasteiger partial charge in [0.1, 0.15) is 5.78 Å². The van der Waals surface area contributed by atoms with Crippen LogP contribution >= 0.6 is 0 Å². The van der Waals surface area contributed by atoms with Crippen LogP contribution in [0, 0.1) is 5.92 Å². The summed E-state index contributed by atoms with van der Waals surface area (Å²) in [4.78, 5) is 13.8. The summed E-state index contributed by atoms with van der Waals surface area (Å²) in [5.41, 5.74) is 0. The zero-order chi connectivity index (χ0) is 9.42. The van der Waals surface area contributed by atoms with Crippen molar-refractivity contribution in [2.45, 2.75) is 51.6 Å². The van der Waals surface area contributed by atoms with Gasteiger partial charge in [-0.25, -0.2) is 0 Å². The van der Waals surface area contributed by atoms with Crippen LogP contribution in [-0.4, -0.2) is 29.3 Å². The van der Waals surface area contributed by atoms with Gasteiger partial charge < -0.3 is 0 Å². The zero-order valence-electron chi connectivity index (χ0n) is 8.62. The molecule has 3 unspecified atom stereocenters. The van der Waals surface area contributed by atoms with Gasteiger partial charge in [0.2, 0.25) is 0 Å². The molecule has 0 N–H and O–H groups in total. The number of carbonyl (C=O) groups excluding carboxylic acids is 1. The highest BCUT2D eigenvalue weighted by atomic mass is 16.1.